The van der Waals surface area contributed by atoms with Gasteiger partial charge in [0.15, 0.2) is 5.69 Å². The van der Waals surface area contributed by atoms with Gasteiger partial charge in [-0.05, 0) is 74.2 Å². The highest BCUT2D eigenvalue weighted by molar-refractivity contribution is 5.87. The van der Waals surface area contributed by atoms with Crippen LogP contribution >= 0.6 is 0 Å². The van der Waals surface area contributed by atoms with E-state index in [1.54, 1.807) is 0 Å². The van der Waals surface area contributed by atoms with Crippen LogP contribution in [0.15, 0.2) is 24.4 Å². The molecule has 0 bridgehead atoms. The van der Waals surface area contributed by atoms with Crippen molar-refractivity contribution in [3.8, 4) is 0 Å². The molecule has 1 aliphatic carbocycles. The Labute approximate surface area is 132 Å². The zero-order valence-corrected chi connectivity index (χ0v) is 13.3. The molecule has 1 aromatic carbocycles. The zero-order chi connectivity index (χ0) is 15.1. The summed E-state index contributed by atoms with van der Waals surface area (Å²) >= 11 is 0. The van der Waals surface area contributed by atoms with Crippen molar-refractivity contribution in [2.75, 3.05) is 13.1 Å². The maximum atomic E-state index is 7.26. The quantitative estimate of drug-likeness (QED) is 0.745. The molecule has 4 rings (SSSR count). The van der Waals surface area contributed by atoms with Gasteiger partial charge < -0.3 is 9.47 Å². The molecule has 2 atom stereocenters. The normalized spacial score (nSPS) is 25.8. The fourth-order valence-electron chi connectivity index (χ4n) is 4.48. The van der Waals surface area contributed by atoms with E-state index in [0.29, 0.717) is 5.92 Å². The molecule has 0 spiro atoms. The molecule has 0 radical (unpaired) electrons. The van der Waals surface area contributed by atoms with E-state index in [-0.39, 0.29) is 0 Å². The maximum Gasteiger partial charge on any atom is 0.187 e. The van der Waals surface area contributed by atoms with Crippen LogP contribution in [-0.2, 0) is 7.05 Å². The van der Waals surface area contributed by atoms with Gasteiger partial charge in [0.1, 0.15) is 0 Å². The average molecular weight is 293 g/mol. The molecule has 1 saturated carbocycles. The monoisotopic (exact) mass is 293 g/mol. The minimum atomic E-state index is 0.662. The Morgan fingerprint density at radius 2 is 2.00 bits per heavy atom. The minimum absolute atomic E-state index is 0.662. The molecule has 0 amide bonds. The van der Waals surface area contributed by atoms with Crippen molar-refractivity contribution in [3.63, 3.8) is 0 Å². The van der Waals surface area contributed by atoms with Gasteiger partial charge in [0.2, 0.25) is 0 Å². The van der Waals surface area contributed by atoms with Crippen molar-refractivity contribution < 1.29 is 0 Å². The summed E-state index contributed by atoms with van der Waals surface area (Å²) in [5.41, 5.74) is 3.48. The van der Waals surface area contributed by atoms with Gasteiger partial charge in [-0.3, -0.25) is 0 Å². The summed E-state index contributed by atoms with van der Waals surface area (Å²) in [5.74, 6) is 0.662. The molecule has 22 heavy (non-hydrogen) atoms. The molecular formula is C19H23N3. The molecule has 3 nitrogen and oxygen atoms in total. The van der Waals surface area contributed by atoms with Crippen LogP contribution in [0.2, 0.25) is 0 Å². The fraction of sp³-hybridized carbons (Fsp3) is 0.526. The van der Waals surface area contributed by atoms with E-state index in [4.69, 9.17) is 6.57 Å². The predicted octanol–water partition coefficient (Wildman–Crippen LogP) is 4.46. The number of aryl methyl sites for hydroxylation is 1. The largest absolute Gasteiger partial charge is 0.350 e. The molecule has 1 aromatic heterocycles. The van der Waals surface area contributed by atoms with Gasteiger partial charge in [0, 0.05) is 24.8 Å². The molecule has 1 aliphatic heterocycles. The molecule has 2 fully saturated rings. The summed E-state index contributed by atoms with van der Waals surface area (Å²) in [4.78, 5) is 6.31. The van der Waals surface area contributed by atoms with E-state index in [9.17, 15) is 0 Å². The molecule has 2 aliphatic rings. The molecule has 2 aromatic rings. The Morgan fingerprint density at radius 3 is 2.77 bits per heavy atom. The number of fused-ring (bicyclic) bond motifs is 1. The number of likely N-dealkylation sites (tertiary alicyclic amines) is 1. The summed E-state index contributed by atoms with van der Waals surface area (Å²) in [7, 11) is 2.12. The van der Waals surface area contributed by atoms with E-state index < -0.39 is 0 Å². The minimum Gasteiger partial charge on any atom is -0.350 e. The van der Waals surface area contributed by atoms with Gasteiger partial charge in [0.25, 0.3) is 0 Å². The zero-order valence-electron chi connectivity index (χ0n) is 13.3. The summed E-state index contributed by atoms with van der Waals surface area (Å²) in [6.45, 7) is 9.86. The first-order valence-corrected chi connectivity index (χ1v) is 8.47. The van der Waals surface area contributed by atoms with E-state index in [1.165, 1.54) is 61.7 Å². The molecule has 3 heteroatoms. The van der Waals surface area contributed by atoms with Gasteiger partial charge in [-0.25, -0.2) is 4.85 Å². The van der Waals surface area contributed by atoms with Gasteiger partial charge in [0.05, 0.1) is 6.57 Å². The number of hydrogen-bond acceptors (Lipinski definition) is 1. The first-order chi connectivity index (χ1) is 10.8. The van der Waals surface area contributed by atoms with Crippen LogP contribution in [0.4, 0.5) is 5.69 Å². The third-order valence-electron chi connectivity index (χ3n) is 5.63. The van der Waals surface area contributed by atoms with Crippen molar-refractivity contribution in [2.24, 2.45) is 7.05 Å². The van der Waals surface area contributed by atoms with Crippen molar-refractivity contribution in [3.05, 3.63) is 41.4 Å². The van der Waals surface area contributed by atoms with Gasteiger partial charge in [-0.1, -0.05) is 6.07 Å². The Morgan fingerprint density at radius 1 is 1.18 bits per heavy atom. The van der Waals surface area contributed by atoms with E-state index in [0.717, 1.165) is 11.7 Å². The highest BCUT2D eigenvalue weighted by atomic mass is 15.2. The van der Waals surface area contributed by atoms with E-state index in [2.05, 4.69) is 39.7 Å². The van der Waals surface area contributed by atoms with E-state index >= 15 is 0 Å². The lowest BCUT2D eigenvalue weighted by Gasteiger charge is -2.23. The third-order valence-corrected chi connectivity index (χ3v) is 5.63. The summed E-state index contributed by atoms with van der Waals surface area (Å²) in [6.07, 6.45) is 8.98. The number of benzene rings is 1. The smallest absolute Gasteiger partial charge is 0.187 e. The van der Waals surface area contributed by atoms with Gasteiger partial charge in [-0.15, -0.1) is 0 Å². The molecule has 2 heterocycles. The van der Waals surface area contributed by atoms with Crippen molar-refractivity contribution in [2.45, 2.75) is 44.1 Å². The second kappa shape index (κ2) is 5.44. The highest BCUT2D eigenvalue weighted by Crippen LogP contribution is 2.41. The lowest BCUT2D eigenvalue weighted by molar-refractivity contribution is 0.245. The summed E-state index contributed by atoms with van der Waals surface area (Å²) in [6, 6.07) is 6.90. The first kappa shape index (κ1) is 13.8. The number of nitrogens with zero attached hydrogens (tertiary/aromatic N) is 3. The predicted molar refractivity (Wildman–Crippen MR) is 90.4 cm³/mol. The van der Waals surface area contributed by atoms with Gasteiger partial charge in [-0.2, -0.15) is 0 Å². The summed E-state index contributed by atoms with van der Waals surface area (Å²) in [5, 5.41) is 1.29. The summed E-state index contributed by atoms with van der Waals surface area (Å²) < 4.78 is 2.22. The van der Waals surface area contributed by atoms with Crippen LogP contribution in [0.25, 0.3) is 15.7 Å². The Balaban J connectivity index is 1.65. The van der Waals surface area contributed by atoms with Crippen molar-refractivity contribution in [1.29, 1.82) is 0 Å². The average Bonchev–Trinajstić information content (AvgIpc) is 3.26. The SMILES string of the molecule is [C-]#[N+]c1ccc2c(c1)c(C1CCC(N3CCCC3)C1)cn2C. The van der Waals surface area contributed by atoms with Crippen LogP contribution < -0.4 is 0 Å². The molecule has 0 N–H and O–H groups in total. The Hall–Kier alpha value is -1.79. The Bertz CT molecular complexity index is 731. The first-order valence-electron chi connectivity index (χ1n) is 8.47. The maximum absolute atomic E-state index is 7.26. The molecular weight excluding hydrogens is 270 g/mol. The van der Waals surface area contributed by atoms with Gasteiger partial charge >= 0.3 is 0 Å². The second-order valence-corrected chi connectivity index (χ2v) is 6.92. The van der Waals surface area contributed by atoms with Crippen molar-refractivity contribution in [1.82, 2.24) is 9.47 Å². The van der Waals surface area contributed by atoms with Crippen LogP contribution in [0.3, 0.4) is 0 Å². The topological polar surface area (TPSA) is 12.5 Å². The van der Waals surface area contributed by atoms with Crippen LogP contribution in [0.5, 0.6) is 0 Å². The van der Waals surface area contributed by atoms with Crippen LogP contribution in [0, 0.1) is 6.57 Å². The molecule has 1 saturated heterocycles. The van der Waals surface area contributed by atoms with E-state index in [1.807, 2.05) is 6.07 Å². The number of hydrogen-bond donors (Lipinski definition) is 0. The van der Waals surface area contributed by atoms with Crippen molar-refractivity contribution >= 4 is 16.6 Å². The van der Waals surface area contributed by atoms with Crippen LogP contribution in [-0.4, -0.2) is 28.6 Å². The lowest BCUT2D eigenvalue weighted by atomic mass is 9.96. The lowest BCUT2D eigenvalue weighted by Crippen LogP contribution is -2.30. The highest BCUT2D eigenvalue weighted by Gasteiger charge is 2.32. The number of aromatic nitrogens is 1. The number of rotatable bonds is 2. The Kier molecular flexibility index (Phi) is 3.43. The standard InChI is InChI=1S/C19H23N3/c1-20-15-6-8-19-17(12-15)18(13-21(19)2)14-5-7-16(11-14)22-9-3-4-10-22/h6,8,12-14,16H,3-5,7,9-11H2,2H3. The van der Waals surface area contributed by atoms with Crippen LogP contribution in [0.1, 0.15) is 43.6 Å². The second-order valence-electron chi connectivity index (χ2n) is 6.92. The third kappa shape index (κ3) is 2.23. The fourth-order valence-corrected chi connectivity index (χ4v) is 4.48. The molecule has 114 valence electrons. The molecule has 2 unspecified atom stereocenters.